The van der Waals surface area contributed by atoms with Gasteiger partial charge in [0.15, 0.2) is 0 Å². The van der Waals surface area contributed by atoms with Crippen LogP contribution in [0, 0.1) is 16.0 Å². The smallest absolute Gasteiger partial charge is 0.311 e. The third-order valence-electron chi connectivity index (χ3n) is 3.70. The van der Waals surface area contributed by atoms with Gasteiger partial charge >= 0.3 is 5.69 Å². The Balaban J connectivity index is 2.01. The van der Waals surface area contributed by atoms with Gasteiger partial charge in [-0.1, -0.05) is 0 Å². The fraction of sp³-hybridized carbons (Fsp3) is 0.571. The van der Waals surface area contributed by atoms with E-state index in [4.69, 9.17) is 14.6 Å². The summed E-state index contributed by atoms with van der Waals surface area (Å²) in [7, 11) is 1.40. The van der Waals surface area contributed by atoms with Crippen molar-refractivity contribution in [2.75, 3.05) is 13.7 Å². The highest BCUT2D eigenvalue weighted by atomic mass is 16.6. The quantitative estimate of drug-likeness (QED) is 0.662. The van der Waals surface area contributed by atoms with Crippen LogP contribution in [0.25, 0.3) is 0 Å². The van der Waals surface area contributed by atoms with E-state index in [2.05, 4.69) is 0 Å². The average Bonchev–Trinajstić information content (AvgIpc) is 2.47. The maximum atomic E-state index is 10.8. The Morgan fingerprint density at radius 1 is 1.35 bits per heavy atom. The molecular weight excluding hydrogens is 262 g/mol. The lowest BCUT2D eigenvalue weighted by Crippen LogP contribution is -2.25. The van der Waals surface area contributed by atoms with E-state index < -0.39 is 4.92 Å². The van der Waals surface area contributed by atoms with Crippen molar-refractivity contribution in [3.05, 3.63) is 28.3 Å². The molecule has 0 amide bonds. The predicted octanol–water partition coefficient (Wildman–Crippen LogP) is 2.53. The van der Waals surface area contributed by atoms with E-state index in [9.17, 15) is 10.1 Å². The Morgan fingerprint density at radius 2 is 2.05 bits per heavy atom. The summed E-state index contributed by atoms with van der Waals surface area (Å²) in [5, 5.41) is 19.9. The zero-order chi connectivity index (χ0) is 14.5. The van der Waals surface area contributed by atoms with Crippen LogP contribution in [-0.4, -0.2) is 29.9 Å². The molecule has 0 bridgehead atoms. The second-order valence-corrected chi connectivity index (χ2v) is 5.03. The minimum absolute atomic E-state index is 0.0659. The maximum absolute atomic E-state index is 10.8. The molecule has 0 aliphatic heterocycles. The van der Waals surface area contributed by atoms with Crippen LogP contribution in [0.4, 0.5) is 5.69 Å². The zero-order valence-corrected chi connectivity index (χ0v) is 11.4. The Morgan fingerprint density at radius 3 is 2.60 bits per heavy atom. The molecule has 1 aliphatic carbocycles. The van der Waals surface area contributed by atoms with Crippen molar-refractivity contribution in [3.63, 3.8) is 0 Å². The van der Waals surface area contributed by atoms with Crippen LogP contribution >= 0.6 is 0 Å². The van der Waals surface area contributed by atoms with E-state index in [0.717, 1.165) is 25.7 Å². The van der Waals surface area contributed by atoms with Gasteiger partial charge in [0, 0.05) is 18.7 Å². The highest BCUT2D eigenvalue weighted by Gasteiger charge is 2.23. The minimum Gasteiger partial charge on any atom is -0.490 e. The number of nitro groups is 1. The summed E-state index contributed by atoms with van der Waals surface area (Å²) in [6.45, 7) is 0.234. The predicted molar refractivity (Wildman–Crippen MR) is 73.1 cm³/mol. The summed E-state index contributed by atoms with van der Waals surface area (Å²) < 4.78 is 10.9. The van der Waals surface area contributed by atoms with E-state index in [1.165, 1.54) is 13.2 Å². The highest BCUT2D eigenvalue weighted by Crippen LogP contribution is 2.33. The SMILES string of the molecule is COc1cc(OC2CCC(CO)CC2)ccc1[N+](=O)[O-]. The molecule has 1 aliphatic rings. The van der Waals surface area contributed by atoms with Crippen molar-refractivity contribution in [2.24, 2.45) is 5.92 Å². The molecule has 1 fully saturated rings. The lowest BCUT2D eigenvalue weighted by Gasteiger charge is -2.27. The second kappa shape index (κ2) is 6.56. The average molecular weight is 281 g/mol. The van der Waals surface area contributed by atoms with Gasteiger partial charge in [0.25, 0.3) is 0 Å². The topological polar surface area (TPSA) is 81.8 Å². The lowest BCUT2D eigenvalue weighted by atomic mass is 9.88. The number of rotatable bonds is 5. The Kier molecular flexibility index (Phi) is 4.79. The summed E-state index contributed by atoms with van der Waals surface area (Å²) in [5.41, 5.74) is -0.0659. The number of nitrogens with zero attached hydrogens (tertiary/aromatic N) is 1. The van der Waals surface area contributed by atoms with Gasteiger partial charge in [0.05, 0.1) is 18.1 Å². The number of nitro benzene ring substituents is 1. The Hall–Kier alpha value is -1.82. The fourth-order valence-corrected chi connectivity index (χ4v) is 2.51. The molecule has 0 heterocycles. The van der Waals surface area contributed by atoms with E-state index >= 15 is 0 Å². The first-order valence-corrected chi connectivity index (χ1v) is 6.74. The van der Waals surface area contributed by atoms with Crippen LogP contribution in [-0.2, 0) is 0 Å². The van der Waals surface area contributed by atoms with Crippen molar-refractivity contribution in [1.82, 2.24) is 0 Å². The molecule has 6 nitrogen and oxygen atoms in total. The van der Waals surface area contributed by atoms with Crippen LogP contribution in [0.3, 0.4) is 0 Å². The van der Waals surface area contributed by atoms with Crippen molar-refractivity contribution < 1.29 is 19.5 Å². The number of hydrogen-bond donors (Lipinski definition) is 1. The third-order valence-corrected chi connectivity index (χ3v) is 3.70. The summed E-state index contributed by atoms with van der Waals surface area (Å²) in [5.74, 6) is 1.16. The first kappa shape index (κ1) is 14.6. The molecule has 0 unspecified atom stereocenters. The van der Waals surface area contributed by atoms with E-state index in [-0.39, 0.29) is 24.1 Å². The monoisotopic (exact) mass is 281 g/mol. The first-order chi connectivity index (χ1) is 9.63. The number of aliphatic hydroxyl groups excluding tert-OH is 1. The fourth-order valence-electron chi connectivity index (χ4n) is 2.51. The van der Waals surface area contributed by atoms with E-state index in [1.807, 2.05) is 0 Å². The molecule has 1 aromatic rings. The largest absolute Gasteiger partial charge is 0.490 e. The summed E-state index contributed by atoms with van der Waals surface area (Å²) in [6, 6.07) is 4.54. The van der Waals surface area contributed by atoms with Gasteiger partial charge in [-0.3, -0.25) is 10.1 Å². The summed E-state index contributed by atoms with van der Waals surface area (Å²) in [4.78, 5) is 10.3. The summed E-state index contributed by atoms with van der Waals surface area (Å²) in [6.07, 6.45) is 3.79. The molecule has 20 heavy (non-hydrogen) atoms. The molecule has 0 spiro atoms. The molecular formula is C14H19NO5. The highest BCUT2D eigenvalue weighted by molar-refractivity contribution is 5.50. The van der Waals surface area contributed by atoms with Gasteiger partial charge in [-0.15, -0.1) is 0 Å². The summed E-state index contributed by atoms with van der Waals surface area (Å²) >= 11 is 0. The van der Waals surface area contributed by atoms with Crippen LogP contribution < -0.4 is 9.47 Å². The molecule has 1 aromatic carbocycles. The van der Waals surface area contributed by atoms with E-state index in [1.54, 1.807) is 12.1 Å². The second-order valence-electron chi connectivity index (χ2n) is 5.03. The van der Waals surface area contributed by atoms with Crippen LogP contribution in [0.5, 0.6) is 11.5 Å². The van der Waals surface area contributed by atoms with Gasteiger partial charge in [0.2, 0.25) is 5.75 Å². The molecule has 110 valence electrons. The normalized spacial score (nSPS) is 22.3. The Bertz CT molecular complexity index is 469. The number of benzene rings is 1. The van der Waals surface area contributed by atoms with Crippen molar-refractivity contribution in [2.45, 2.75) is 31.8 Å². The van der Waals surface area contributed by atoms with Gasteiger partial charge in [0.1, 0.15) is 5.75 Å². The minimum atomic E-state index is -0.477. The molecule has 0 radical (unpaired) electrons. The maximum Gasteiger partial charge on any atom is 0.311 e. The zero-order valence-electron chi connectivity index (χ0n) is 11.4. The lowest BCUT2D eigenvalue weighted by molar-refractivity contribution is -0.385. The molecule has 0 aromatic heterocycles. The van der Waals surface area contributed by atoms with Gasteiger partial charge in [-0.05, 0) is 37.7 Å². The molecule has 1 saturated carbocycles. The molecule has 6 heteroatoms. The van der Waals surface area contributed by atoms with Crippen LogP contribution in [0.2, 0.25) is 0 Å². The molecule has 1 N–H and O–H groups in total. The van der Waals surface area contributed by atoms with Crippen molar-refractivity contribution >= 4 is 5.69 Å². The molecule has 2 rings (SSSR count). The first-order valence-electron chi connectivity index (χ1n) is 6.74. The number of ether oxygens (including phenoxy) is 2. The van der Waals surface area contributed by atoms with Crippen molar-refractivity contribution in [1.29, 1.82) is 0 Å². The number of hydrogen-bond acceptors (Lipinski definition) is 5. The van der Waals surface area contributed by atoms with Crippen LogP contribution in [0.1, 0.15) is 25.7 Å². The standard InChI is InChI=1S/C14H19NO5/c1-19-14-8-12(6-7-13(14)15(17)18)20-11-4-2-10(9-16)3-5-11/h6-8,10-11,16H,2-5,9H2,1H3. The Labute approximate surface area is 117 Å². The van der Waals surface area contributed by atoms with Crippen LogP contribution in [0.15, 0.2) is 18.2 Å². The molecule has 0 saturated heterocycles. The van der Waals surface area contributed by atoms with Gasteiger partial charge in [-0.2, -0.15) is 0 Å². The van der Waals surface area contributed by atoms with Crippen molar-refractivity contribution in [3.8, 4) is 11.5 Å². The van der Waals surface area contributed by atoms with E-state index in [0.29, 0.717) is 11.7 Å². The molecule has 0 atom stereocenters. The van der Waals surface area contributed by atoms with Gasteiger partial charge in [-0.25, -0.2) is 0 Å². The number of aliphatic hydroxyl groups is 1. The number of methoxy groups -OCH3 is 1. The third kappa shape index (κ3) is 3.39. The van der Waals surface area contributed by atoms with Gasteiger partial charge < -0.3 is 14.6 Å².